The van der Waals surface area contributed by atoms with Crippen molar-refractivity contribution in [3.05, 3.63) is 48.6 Å². The average molecular weight is 675 g/mol. The average Bonchev–Trinajstić information content (AvgIpc) is 3.09. The summed E-state index contributed by atoms with van der Waals surface area (Å²) in [5.41, 5.74) is 1.23. The van der Waals surface area contributed by atoms with Crippen LogP contribution in [-0.4, -0.2) is 38.5 Å². The topological polar surface area (TPSA) is 36.9 Å². The zero-order valence-corrected chi connectivity index (χ0v) is 33.1. The maximum Gasteiger partial charge on any atom is 0.220 e. The Bertz CT molecular complexity index is 772. The molecule has 0 aromatic carbocycles. The number of allylic oxidation sites excluding steroid dienone is 5. The zero-order chi connectivity index (χ0) is 35.4. The molecule has 282 valence electrons. The molecule has 0 aliphatic carbocycles. The lowest BCUT2D eigenvalue weighted by molar-refractivity contribution is -0.355. The van der Waals surface area contributed by atoms with Crippen LogP contribution in [0.4, 0.5) is 0 Å². The summed E-state index contributed by atoms with van der Waals surface area (Å²) in [7, 11) is 0. The van der Waals surface area contributed by atoms with Crippen LogP contribution < -0.4 is 0 Å². The van der Waals surface area contributed by atoms with Crippen LogP contribution in [0, 0.1) is 5.92 Å². The quantitative estimate of drug-likeness (QED) is 0.0373. The van der Waals surface area contributed by atoms with E-state index < -0.39 is 12.1 Å². The highest BCUT2D eigenvalue weighted by atomic mass is 16.8. The van der Waals surface area contributed by atoms with Crippen molar-refractivity contribution in [2.24, 2.45) is 5.92 Å². The fourth-order valence-electron chi connectivity index (χ4n) is 5.51. The molecule has 48 heavy (non-hydrogen) atoms. The fraction of sp³-hybridized carbons (Fsp3) is 0.818. The van der Waals surface area contributed by atoms with Crippen molar-refractivity contribution in [1.82, 2.24) is 0 Å². The number of hydrogen-bond acceptors (Lipinski definition) is 4. The Morgan fingerprint density at radius 1 is 0.562 bits per heavy atom. The summed E-state index contributed by atoms with van der Waals surface area (Å²) in [5.74, 6) is -0.507. The lowest BCUT2D eigenvalue weighted by atomic mass is 10.0. The molecule has 0 aromatic heterocycles. The molecule has 0 aromatic rings. The third-order valence-corrected chi connectivity index (χ3v) is 9.02. The smallest absolute Gasteiger partial charge is 0.220 e. The number of ether oxygens (including phenoxy) is 4. The van der Waals surface area contributed by atoms with Crippen molar-refractivity contribution in [2.75, 3.05) is 26.4 Å². The largest absolute Gasteiger partial charge is 0.348 e. The molecule has 4 nitrogen and oxygen atoms in total. The molecule has 0 amide bonds. The Hall–Kier alpha value is -1.20. The van der Waals surface area contributed by atoms with E-state index in [9.17, 15) is 0 Å². The summed E-state index contributed by atoms with van der Waals surface area (Å²) < 4.78 is 26.7. The van der Waals surface area contributed by atoms with E-state index in [1.165, 1.54) is 69.8 Å². The molecule has 3 unspecified atom stereocenters. The van der Waals surface area contributed by atoms with Crippen LogP contribution in [-0.2, 0) is 18.9 Å². The number of rotatable bonds is 37. The van der Waals surface area contributed by atoms with E-state index in [1.54, 1.807) is 0 Å². The summed E-state index contributed by atoms with van der Waals surface area (Å²) in [5, 5.41) is 0. The Morgan fingerprint density at radius 2 is 1.12 bits per heavy atom. The minimum atomic E-state index is -0.939. The SMILES string of the molecule is C=C(CCC)CCOC(OCCCC=CCCCC)C(CCCCC)(OCC=CCCCC=CCCCCCCCC)OCC(C)CC. The van der Waals surface area contributed by atoms with Gasteiger partial charge >= 0.3 is 0 Å². The first-order valence-electron chi connectivity index (χ1n) is 20.6. The van der Waals surface area contributed by atoms with Crippen molar-refractivity contribution < 1.29 is 18.9 Å². The minimum Gasteiger partial charge on any atom is -0.348 e. The molecule has 0 heterocycles. The van der Waals surface area contributed by atoms with Gasteiger partial charge in [-0.05, 0) is 76.5 Å². The van der Waals surface area contributed by atoms with Crippen LogP contribution in [0.15, 0.2) is 48.6 Å². The van der Waals surface area contributed by atoms with Gasteiger partial charge in [0.2, 0.25) is 12.1 Å². The predicted octanol–water partition coefficient (Wildman–Crippen LogP) is 14.0. The maximum atomic E-state index is 6.79. The van der Waals surface area contributed by atoms with Crippen molar-refractivity contribution in [3.63, 3.8) is 0 Å². The highest BCUT2D eigenvalue weighted by Crippen LogP contribution is 2.31. The van der Waals surface area contributed by atoms with Crippen molar-refractivity contribution in [3.8, 4) is 0 Å². The first kappa shape index (κ1) is 46.8. The van der Waals surface area contributed by atoms with Gasteiger partial charge in [-0.3, -0.25) is 0 Å². The van der Waals surface area contributed by atoms with Crippen LogP contribution >= 0.6 is 0 Å². The van der Waals surface area contributed by atoms with Crippen LogP contribution in [0.1, 0.15) is 189 Å². The van der Waals surface area contributed by atoms with Gasteiger partial charge in [-0.15, -0.1) is 0 Å². The second-order valence-corrected chi connectivity index (χ2v) is 13.9. The standard InChI is InChI=1S/C44H82O4/c1-8-13-16-18-20-21-22-23-24-25-26-28-30-33-38-47-44(36-31-15-10-3,48-40-41(6)12-5)43(46-39-35-42(7)34-11-4)45-37-32-29-27-19-17-14-9-2/h19,23-24,27,30,33,41,43H,7-18,20-22,25-26,28-29,31-32,34-40H2,1-6H3. The van der Waals surface area contributed by atoms with E-state index in [4.69, 9.17) is 18.9 Å². The van der Waals surface area contributed by atoms with E-state index in [1.807, 2.05) is 0 Å². The summed E-state index contributed by atoms with van der Waals surface area (Å²) in [6.45, 7) is 20.0. The second-order valence-electron chi connectivity index (χ2n) is 13.9. The Kier molecular flexibility index (Phi) is 34.7. The van der Waals surface area contributed by atoms with Crippen LogP contribution in [0.25, 0.3) is 0 Å². The molecule has 0 radical (unpaired) electrons. The first-order valence-corrected chi connectivity index (χ1v) is 20.6. The van der Waals surface area contributed by atoms with Gasteiger partial charge < -0.3 is 18.9 Å². The van der Waals surface area contributed by atoms with Gasteiger partial charge in [0, 0.05) is 6.42 Å². The van der Waals surface area contributed by atoms with Gasteiger partial charge in [0.05, 0.1) is 26.4 Å². The molecule has 0 aliphatic heterocycles. The van der Waals surface area contributed by atoms with Crippen LogP contribution in [0.2, 0.25) is 0 Å². The molecule has 0 saturated carbocycles. The Labute approximate surface area is 300 Å². The second kappa shape index (κ2) is 35.6. The molecule has 4 heteroatoms. The van der Waals surface area contributed by atoms with E-state index in [-0.39, 0.29) is 0 Å². The van der Waals surface area contributed by atoms with Gasteiger partial charge in [-0.25, -0.2) is 0 Å². The molecule has 0 aliphatic rings. The molecule has 0 rings (SSSR count). The number of unbranched alkanes of at least 4 members (excludes halogenated alkanes) is 13. The highest BCUT2D eigenvalue weighted by Gasteiger charge is 2.43. The van der Waals surface area contributed by atoms with E-state index >= 15 is 0 Å². The van der Waals surface area contributed by atoms with E-state index in [0.717, 1.165) is 83.5 Å². The van der Waals surface area contributed by atoms with Gasteiger partial charge in [0.1, 0.15) is 0 Å². The lowest BCUT2D eigenvalue weighted by Crippen LogP contribution is -2.51. The van der Waals surface area contributed by atoms with Gasteiger partial charge in [-0.2, -0.15) is 0 Å². The number of hydrogen-bond donors (Lipinski definition) is 0. The monoisotopic (exact) mass is 675 g/mol. The van der Waals surface area contributed by atoms with E-state index in [2.05, 4.69) is 84.6 Å². The third kappa shape index (κ3) is 27.6. The van der Waals surface area contributed by atoms with Gasteiger partial charge in [-0.1, -0.05) is 161 Å². The molecule has 0 spiro atoms. The van der Waals surface area contributed by atoms with Crippen LogP contribution in [0.5, 0.6) is 0 Å². The van der Waals surface area contributed by atoms with E-state index in [0.29, 0.717) is 32.3 Å². The molecular weight excluding hydrogens is 592 g/mol. The normalized spacial score (nSPS) is 14.8. The maximum absolute atomic E-state index is 6.79. The first-order chi connectivity index (χ1) is 23.5. The third-order valence-electron chi connectivity index (χ3n) is 9.02. The van der Waals surface area contributed by atoms with Crippen LogP contribution in [0.3, 0.4) is 0 Å². The minimum absolute atomic E-state index is 0.432. The molecule has 0 bridgehead atoms. The Balaban J connectivity index is 5.43. The van der Waals surface area contributed by atoms with Crippen molar-refractivity contribution in [1.29, 1.82) is 0 Å². The predicted molar refractivity (Wildman–Crippen MR) is 211 cm³/mol. The fourth-order valence-corrected chi connectivity index (χ4v) is 5.51. The molecule has 0 saturated heterocycles. The molecule has 3 atom stereocenters. The summed E-state index contributed by atoms with van der Waals surface area (Å²) in [6.07, 6.45) is 39.7. The summed E-state index contributed by atoms with van der Waals surface area (Å²) >= 11 is 0. The van der Waals surface area contributed by atoms with Gasteiger partial charge in [0.25, 0.3) is 0 Å². The Morgan fingerprint density at radius 3 is 1.79 bits per heavy atom. The molecule has 0 fully saturated rings. The lowest BCUT2D eigenvalue weighted by Gasteiger charge is -2.40. The zero-order valence-electron chi connectivity index (χ0n) is 33.1. The summed E-state index contributed by atoms with van der Waals surface area (Å²) in [6, 6.07) is 0. The van der Waals surface area contributed by atoms with Crippen molar-refractivity contribution in [2.45, 2.75) is 201 Å². The molecule has 0 N–H and O–H groups in total. The van der Waals surface area contributed by atoms with Gasteiger partial charge in [0.15, 0.2) is 0 Å². The summed E-state index contributed by atoms with van der Waals surface area (Å²) in [4.78, 5) is 0. The highest BCUT2D eigenvalue weighted by molar-refractivity contribution is 4.93. The molecular formula is C44H82O4. The van der Waals surface area contributed by atoms with Crippen molar-refractivity contribution >= 4 is 0 Å².